The topological polar surface area (TPSA) is 90.8 Å². The minimum absolute atomic E-state index is 0.0389. The number of fused-ring (bicyclic) bond motifs is 4. The summed E-state index contributed by atoms with van der Waals surface area (Å²) in [5, 5.41) is 4.15. The molecule has 0 bridgehead atoms. The molecular weight excluding hydrogens is 412 g/mol. The van der Waals surface area contributed by atoms with Gasteiger partial charge in [-0.15, -0.1) is 0 Å². The lowest BCUT2D eigenvalue weighted by atomic mass is 10.1. The number of aromatic nitrogens is 4. The molecule has 0 saturated carbocycles. The first kappa shape index (κ1) is 19.5. The van der Waals surface area contributed by atoms with Crippen molar-refractivity contribution >= 4 is 39.3 Å². The fraction of sp³-hybridized carbons (Fsp3) is 0.192. The first-order valence-corrected chi connectivity index (χ1v) is 11.2. The first-order chi connectivity index (χ1) is 16.1. The Kier molecular flexibility index (Phi) is 4.43. The summed E-state index contributed by atoms with van der Waals surface area (Å²) >= 11 is 0. The van der Waals surface area contributed by atoms with Crippen LogP contribution in [0.4, 0.5) is 11.5 Å². The van der Waals surface area contributed by atoms with Crippen molar-refractivity contribution in [3.63, 3.8) is 0 Å². The molecule has 1 amide bonds. The molecule has 3 heterocycles. The third-order valence-electron chi connectivity index (χ3n) is 6.54. The molecule has 7 nitrogen and oxygen atoms in total. The molecule has 1 aliphatic carbocycles. The van der Waals surface area contributed by atoms with E-state index < -0.39 is 0 Å². The van der Waals surface area contributed by atoms with Gasteiger partial charge in [0.15, 0.2) is 5.82 Å². The number of nitrogen functional groups attached to an aromatic ring is 1. The van der Waals surface area contributed by atoms with Crippen LogP contribution in [0.2, 0.25) is 0 Å². The van der Waals surface area contributed by atoms with E-state index in [0.717, 1.165) is 58.1 Å². The number of nitrogens with zero attached hydrogens (tertiary/aromatic N) is 4. The third-order valence-corrected chi connectivity index (χ3v) is 6.54. The molecule has 164 valence electrons. The van der Waals surface area contributed by atoms with Crippen LogP contribution in [0.5, 0.6) is 0 Å². The van der Waals surface area contributed by atoms with Gasteiger partial charge in [0.05, 0.1) is 11.9 Å². The molecule has 7 heteroatoms. The van der Waals surface area contributed by atoms with Crippen LogP contribution >= 0.6 is 0 Å². The minimum atomic E-state index is -0.0389. The summed E-state index contributed by atoms with van der Waals surface area (Å²) in [6.45, 7) is 0. The summed E-state index contributed by atoms with van der Waals surface area (Å²) in [6, 6.07) is 16.1. The molecule has 6 rings (SSSR count). The number of hydrogen-bond donors (Lipinski definition) is 2. The molecular formula is C26H24N6O. The number of aryl methyl sites for hydroxylation is 2. The number of rotatable bonds is 4. The van der Waals surface area contributed by atoms with E-state index in [1.807, 2.05) is 43.6 Å². The summed E-state index contributed by atoms with van der Waals surface area (Å²) in [7, 11) is 2.02. The molecule has 33 heavy (non-hydrogen) atoms. The van der Waals surface area contributed by atoms with Gasteiger partial charge in [-0.1, -0.05) is 6.07 Å². The van der Waals surface area contributed by atoms with Crippen LogP contribution in [0, 0.1) is 0 Å². The SMILES string of the molecule is Cn1ccc2cc(CC(=O)Nc3ccc(-n4c5c(c6ncnc(N)c64)CCC5)cc3)ccc21. The van der Waals surface area contributed by atoms with Gasteiger partial charge in [0.25, 0.3) is 0 Å². The molecule has 0 atom stereocenters. The second-order valence-corrected chi connectivity index (χ2v) is 8.66. The number of amides is 1. The van der Waals surface area contributed by atoms with E-state index in [2.05, 4.69) is 42.6 Å². The van der Waals surface area contributed by atoms with Gasteiger partial charge >= 0.3 is 0 Å². The van der Waals surface area contributed by atoms with Gasteiger partial charge in [0.2, 0.25) is 5.91 Å². The molecule has 0 spiro atoms. The largest absolute Gasteiger partial charge is 0.382 e. The van der Waals surface area contributed by atoms with Crippen molar-refractivity contribution < 1.29 is 4.79 Å². The average Bonchev–Trinajstić information content (AvgIpc) is 3.50. The van der Waals surface area contributed by atoms with Crippen LogP contribution < -0.4 is 11.1 Å². The normalized spacial score (nSPS) is 13.0. The zero-order valence-electron chi connectivity index (χ0n) is 18.4. The molecule has 2 aromatic carbocycles. The molecule has 5 aromatic rings. The Morgan fingerprint density at radius 1 is 1.09 bits per heavy atom. The maximum absolute atomic E-state index is 12.7. The maximum atomic E-state index is 12.7. The lowest BCUT2D eigenvalue weighted by Gasteiger charge is -2.12. The van der Waals surface area contributed by atoms with Crippen molar-refractivity contribution in [3.8, 4) is 5.69 Å². The van der Waals surface area contributed by atoms with E-state index in [4.69, 9.17) is 5.73 Å². The Bertz CT molecular complexity index is 1530. The van der Waals surface area contributed by atoms with Gasteiger partial charge in [-0.05, 0) is 78.2 Å². The number of carbonyl (C=O) groups excluding carboxylic acids is 1. The first-order valence-electron chi connectivity index (χ1n) is 11.2. The summed E-state index contributed by atoms with van der Waals surface area (Å²) in [5.41, 5.74) is 14.5. The van der Waals surface area contributed by atoms with E-state index in [0.29, 0.717) is 12.2 Å². The van der Waals surface area contributed by atoms with E-state index >= 15 is 0 Å². The molecule has 0 fully saturated rings. The second kappa shape index (κ2) is 7.48. The van der Waals surface area contributed by atoms with Crippen LogP contribution in [-0.2, 0) is 31.1 Å². The highest BCUT2D eigenvalue weighted by molar-refractivity contribution is 5.94. The van der Waals surface area contributed by atoms with Crippen molar-refractivity contribution in [1.29, 1.82) is 0 Å². The van der Waals surface area contributed by atoms with Crippen molar-refractivity contribution in [2.24, 2.45) is 7.05 Å². The minimum Gasteiger partial charge on any atom is -0.382 e. The smallest absolute Gasteiger partial charge is 0.228 e. The number of carbonyl (C=O) groups is 1. The Labute approximate surface area is 190 Å². The van der Waals surface area contributed by atoms with Crippen LogP contribution in [0.15, 0.2) is 61.1 Å². The highest BCUT2D eigenvalue weighted by atomic mass is 16.1. The fourth-order valence-electron chi connectivity index (χ4n) is 5.01. The van der Waals surface area contributed by atoms with E-state index in [1.165, 1.54) is 17.6 Å². The van der Waals surface area contributed by atoms with Crippen molar-refractivity contribution in [3.05, 3.63) is 77.9 Å². The number of anilines is 2. The number of benzene rings is 2. The van der Waals surface area contributed by atoms with Gasteiger partial charge in [-0.3, -0.25) is 4.79 Å². The standard InChI is InChI=1S/C26H24N6O/c1-31-12-11-17-13-16(5-10-21(17)31)14-23(33)30-18-6-8-19(9-7-18)32-22-4-2-3-20(22)24-25(32)26(27)29-15-28-24/h5-13,15H,2-4,14H2,1H3,(H,30,33)(H2,27,28,29). The fourth-order valence-corrected chi connectivity index (χ4v) is 5.01. The third kappa shape index (κ3) is 3.24. The van der Waals surface area contributed by atoms with Gasteiger partial charge in [-0.2, -0.15) is 0 Å². The molecule has 0 aliphatic heterocycles. The van der Waals surface area contributed by atoms with Crippen molar-refractivity contribution in [2.45, 2.75) is 25.7 Å². The summed E-state index contributed by atoms with van der Waals surface area (Å²) < 4.78 is 4.25. The highest BCUT2D eigenvalue weighted by Gasteiger charge is 2.25. The Balaban J connectivity index is 1.24. The van der Waals surface area contributed by atoms with Gasteiger partial charge in [0.1, 0.15) is 11.8 Å². The Morgan fingerprint density at radius 2 is 1.94 bits per heavy atom. The van der Waals surface area contributed by atoms with Crippen LogP contribution in [0.3, 0.4) is 0 Å². The van der Waals surface area contributed by atoms with Gasteiger partial charge in [0, 0.05) is 35.8 Å². The summed E-state index contributed by atoms with van der Waals surface area (Å²) in [5.74, 6) is 0.449. The van der Waals surface area contributed by atoms with Crippen LogP contribution in [0.25, 0.3) is 27.6 Å². The quantitative estimate of drug-likeness (QED) is 0.443. The van der Waals surface area contributed by atoms with Crippen molar-refractivity contribution in [2.75, 3.05) is 11.1 Å². The van der Waals surface area contributed by atoms with E-state index in [-0.39, 0.29) is 5.91 Å². The van der Waals surface area contributed by atoms with E-state index in [1.54, 1.807) is 0 Å². The van der Waals surface area contributed by atoms with E-state index in [9.17, 15) is 4.79 Å². The number of nitrogens with two attached hydrogens (primary N) is 1. The monoisotopic (exact) mass is 436 g/mol. The van der Waals surface area contributed by atoms with Gasteiger partial charge < -0.3 is 20.2 Å². The summed E-state index contributed by atoms with van der Waals surface area (Å²) in [4.78, 5) is 21.4. The lowest BCUT2D eigenvalue weighted by molar-refractivity contribution is -0.115. The second-order valence-electron chi connectivity index (χ2n) is 8.66. The predicted molar refractivity (Wildman–Crippen MR) is 131 cm³/mol. The Hall–Kier alpha value is -4.13. The lowest BCUT2D eigenvalue weighted by Crippen LogP contribution is -2.14. The average molecular weight is 437 g/mol. The molecule has 3 N–H and O–H groups in total. The zero-order chi connectivity index (χ0) is 22.5. The molecule has 0 unspecified atom stereocenters. The van der Waals surface area contributed by atoms with Gasteiger partial charge in [-0.25, -0.2) is 9.97 Å². The molecule has 0 radical (unpaired) electrons. The van der Waals surface area contributed by atoms with Crippen molar-refractivity contribution in [1.82, 2.24) is 19.1 Å². The summed E-state index contributed by atoms with van der Waals surface area (Å²) in [6.07, 6.45) is 7.02. The zero-order valence-corrected chi connectivity index (χ0v) is 18.4. The highest BCUT2D eigenvalue weighted by Crippen LogP contribution is 2.36. The molecule has 1 aliphatic rings. The van der Waals surface area contributed by atoms with Crippen LogP contribution in [-0.4, -0.2) is 25.0 Å². The molecule has 3 aromatic heterocycles. The maximum Gasteiger partial charge on any atom is 0.228 e. The predicted octanol–water partition coefficient (Wildman–Crippen LogP) is 4.16. The number of hydrogen-bond acceptors (Lipinski definition) is 4. The van der Waals surface area contributed by atoms with Crippen LogP contribution in [0.1, 0.15) is 23.2 Å². The number of nitrogens with one attached hydrogen (secondary N) is 1. The molecule has 0 saturated heterocycles. The Morgan fingerprint density at radius 3 is 2.79 bits per heavy atom.